The summed E-state index contributed by atoms with van der Waals surface area (Å²) < 4.78 is 5.80. The van der Waals surface area contributed by atoms with Crippen molar-refractivity contribution in [3.05, 3.63) is 0 Å². The van der Waals surface area contributed by atoms with Gasteiger partial charge in [0.15, 0.2) is 0 Å². The highest BCUT2D eigenvalue weighted by Gasteiger charge is 2.35. The third kappa shape index (κ3) is 5.22. The SMILES string of the molecule is CCCNC1CC(C)CC(C)C1CN1CCCOC(C)C1. The minimum absolute atomic E-state index is 0.396. The fourth-order valence-corrected chi connectivity index (χ4v) is 4.33. The van der Waals surface area contributed by atoms with Crippen molar-refractivity contribution < 1.29 is 4.74 Å². The lowest BCUT2D eigenvalue weighted by Gasteiger charge is -2.42. The molecule has 0 radical (unpaired) electrons. The summed E-state index contributed by atoms with van der Waals surface area (Å²) in [7, 11) is 0. The van der Waals surface area contributed by atoms with Crippen LogP contribution in [0.4, 0.5) is 0 Å². The van der Waals surface area contributed by atoms with Crippen molar-refractivity contribution >= 4 is 0 Å². The highest BCUT2D eigenvalue weighted by Crippen LogP contribution is 2.34. The monoisotopic (exact) mass is 296 g/mol. The standard InChI is InChI=1S/C18H36N2O/c1-5-7-19-18-11-14(2)10-15(3)17(18)13-20-8-6-9-21-16(4)12-20/h14-19H,5-13H2,1-4H3. The van der Waals surface area contributed by atoms with Crippen LogP contribution in [0, 0.1) is 17.8 Å². The number of ether oxygens (including phenoxy) is 1. The molecule has 0 aromatic carbocycles. The molecule has 3 nitrogen and oxygen atoms in total. The third-order valence-electron chi connectivity index (χ3n) is 5.34. The van der Waals surface area contributed by atoms with Gasteiger partial charge < -0.3 is 15.0 Å². The molecule has 1 aliphatic heterocycles. The van der Waals surface area contributed by atoms with E-state index in [4.69, 9.17) is 4.74 Å². The molecule has 0 aromatic heterocycles. The van der Waals surface area contributed by atoms with E-state index in [2.05, 4.69) is 37.9 Å². The maximum absolute atomic E-state index is 5.80. The van der Waals surface area contributed by atoms with Crippen LogP contribution in [0.25, 0.3) is 0 Å². The number of rotatable bonds is 5. The Bertz CT molecular complexity index is 297. The maximum Gasteiger partial charge on any atom is 0.0673 e. The Hall–Kier alpha value is -0.120. The van der Waals surface area contributed by atoms with E-state index >= 15 is 0 Å². The fraction of sp³-hybridized carbons (Fsp3) is 1.00. The summed E-state index contributed by atoms with van der Waals surface area (Å²) >= 11 is 0. The van der Waals surface area contributed by atoms with E-state index < -0.39 is 0 Å². The first kappa shape index (κ1) is 17.2. The van der Waals surface area contributed by atoms with Crippen LogP contribution in [0.15, 0.2) is 0 Å². The van der Waals surface area contributed by atoms with Gasteiger partial charge in [-0.3, -0.25) is 0 Å². The Balaban J connectivity index is 1.95. The molecule has 0 spiro atoms. The second-order valence-corrected chi connectivity index (χ2v) is 7.57. The van der Waals surface area contributed by atoms with Crippen molar-refractivity contribution in [3.63, 3.8) is 0 Å². The van der Waals surface area contributed by atoms with Crippen molar-refractivity contribution in [1.29, 1.82) is 0 Å². The number of nitrogens with one attached hydrogen (secondary N) is 1. The van der Waals surface area contributed by atoms with Gasteiger partial charge in [0, 0.05) is 32.3 Å². The van der Waals surface area contributed by atoms with Crippen molar-refractivity contribution in [2.24, 2.45) is 17.8 Å². The summed E-state index contributed by atoms with van der Waals surface area (Å²) in [5.74, 6) is 2.51. The molecule has 2 fully saturated rings. The molecule has 2 rings (SSSR count). The van der Waals surface area contributed by atoms with Crippen molar-refractivity contribution in [2.75, 3.05) is 32.8 Å². The van der Waals surface area contributed by atoms with Crippen LogP contribution >= 0.6 is 0 Å². The first-order valence-electron chi connectivity index (χ1n) is 9.17. The van der Waals surface area contributed by atoms with Crippen molar-refractivity contribution in [2.45, 2.75) is 65.5 Å². The van der Waals surface area contributed by atoms with Crippen molar-refractivity contribution in [1.82, 2.24) is 10.2 Å². The molecule has 0 amide bonds. The second kappa shape index (κ2) is 8.50. The normalized spacial score (nSPS) is 39.1. The summed E-state index contributed by atoms with van der Waals surface area (Å²) in [5.41, 5.74) is 0. The van der Waals surface area contributed by atoms with Crippen LogP contribution in [0.3, 0.4) is 0 Å². The Morgan fingerprint density at radius 3 is 2.76 bits per heavy atom. The van der Waals surface area contributed by atoms with Gasteiger partial charge in [0.1, 0.15) is 0 Å². The molecule has 5 atom stereocenters. The van der Waals surface area contributed by atoms with E-state index in [-0.39, 0.29) is 0 Å². The number of nitrogens with zero attached hydrogens (tertiary/aromatic N) is 1. The third-order valence-corrected chi connectivity index (χ3v) is 5.34. The minimum atomic E-state index is 0.396. The van der Waals surface area contributed by atoms with E-state index in [9.17, 15) is 0 Å². The molecule has 3 heteroatoms. The highest BCUT2D eigenvalue weighted by atomic mass is 16.5. The van der Waals surface area contributed by atoms with Gasteiger partial charge in [-0.2, -0.15) is 0 Å². The average molecular weight is 296 g/mol. The van der Waals surface area contributed by atoms with Gasteiger partial charge in [0.2, 0.25) is 0 Å². The van der Waals surface area contributed by atoms with Crippen LogP contribution in [0.2, 0.25) is 0 Å². The maximum atomic E-state index is 5.80. The van der Waals surface area contributed by atoms with Gasteiger partial charge in [-0.1, -0.05) is 20.8 Å². The lowest BCUT2D eigenvalue weighted by molar-refractivity contribution is 0.0548. The van der Waals surface area contributed by atoms with Gasteiger partial charge in [0.05, 0.1) is 6.10 Å². The van der Waals surface area contributed by atoms with Gasteiger partial charge in [-0.05, 0) is 56.9 Å². The first-order chi connectivity index (χ1) is 10.1. The van der Waals surface area contributed by atoms with Crippen LogP contribution in [-0.4, -0.2) is 49.8 Å². The topological polar surface area (TPSA) is 24.5 Å². The fourth-order valence-electron chi connectivity index (χ4n) is 4.33. The molecule has 21 heavy (non-hydrogen) atoms. The van der Waals surface area contributed by atoms with E-state index in [0.29, 0.717) is 12.1 Å². The summed E-state index contributed by atoms with van der Waals surface area (Å²) in [6.45, 7) is 15.1. The quantitative estimate of drug-likeness (QED) is 0.843. The first-order valence-corrected chi connectivity index (χ1v) is 9.17. The molecule has 1 N–H and O–H groups in total. The molecule has 124 valence electrons. The van der Waals surface area contributed by atoms with Crippen molar-refractivity contribution in [3.8, 4) is 0 Å². The zero-order valence-corrected chi connectivity index (χ0v) is 14.6. The largest absolute Gasteiger partial charge is 0.377 e. The van der Waals surface area contributed by atoms with Crippen LogP contribution in [-0.2, 0) is 4.74 Å². The second-order valence-electron chi connectivity index (χ2n) is 7.57. The predicted molar refractivity (Wildman–Crippen MR) is 89.6 cm³/mol. The molecule has 0 aromatic rings. The van der Waals surface area contributed by atoms with E-state index in [0.717, 1.165) is 30.9 Å². The van der Waals surface area contributed by atoms with Gasteiger partial charge in [-0.25, -0.2) is 0 Å². The zero-order chi connectivity index (χ0) is 15.2. The molecule has 0 bridgehead atoms. The minimum Gasteiger partial charge on any atom is -0.377 e. The molecule has 1 saturated carbocycles. The lowest BCUT2D eigenvalue weighted by Crippen LogP contribution is -2.50. The summed E-state index contributed by atoms with van der Waals surface area (Å²) in [5, 5.41) is 3.84. The van der Waals surface area contributed by atoms with Gasteiger partial charge in [-0.15, -0.1) is 0 Å². The summed E-state index contributed by atoms with van der Waals surface area (Å²) in [6, 6.07) is 0.711. The Labute approximate surface area is 131 Å². The Morgan fingerprint density at radius 1 is 1.19 bits per heavy atom. The van der Waals surface area contributed by atoms with Gasteiger partial charge >= 0.3 is 0 Å². The molecule has 5 unspecified atom stereocenters. The van der Waals surface area contributed by atoms with E-state index in [1.165, 1.54) is 45.3 Å². The Morgan fingerprint density at radius 2 is 2.00 bits per heavy atom. The van der Waals surface area contributed by atoms with E-state index in [1.807, 2.05) is 0 Å². The lowest BCUT2D eigenvalue weighted by atomic mass is 9.72. The predicted octanol–water partition coefficient (Wildman–Crippen LogP) is 3.15. The zero-order valence-electron chi connectivity index (χ0n) is 14.6. The number of hydrogen-bond acceptors (Lipinski definition) is 3. The highest BCUT2D eigenvalue weighted by molar-refractivity contribution is 4.89. The smallest absolute Gasteiger partial charge is 0.0673 e. The number of hydrogen-bond donors (Lipinski definition) is 1. The Kier molecular flexibility index (Phi) is 6.97. The molecular formula is C18H36N2O. The molecular weight excluding hydrogens is 260 g/mol. The summed E-state index contributed by atoms with van der Waals surface area (Å²) in [4.78, 5) is 2.66. The molecule has 1 saturated heterocycles. The molecule has 1 aliphatic carbocycles. The van der Waals surface area contributed by atoms with Gasteiger partial charge in [0.25, 0.3) is 0 Å². The summed E-state index contributed by atoms with van der Waals surface area (Å²) in [6.07, 6.45) is 5.58. The average Bonchev–Trinajstić information content (AvgIpc) is 2.64. The molecule has 2 aliphatic rings. The van der Waals surface area contributed by atoms with Crippen LogP contribution in [0.5, 0.6) is 0 Å². The van der Waals surface area contributed by atoms with E-state index in [1.54, 1.807) is 0 Å². The van der Waals surface area contributed by atoms with Crippen LogP contribution in [0.1, 0.15) is 53.4 Å². The van der Waals surface area contributed by atoms with Crippen LogP contribution < -0.4 is 5.32 Å². The molecule has 1 heterocycles.